The second-order valence-corrected chi connectivity index (χ2v) is 3.91. The Morgan fingerprint density at radius 2 is 2.19 bits per heavy atom. The van der Waals surface area contributed by atoms with Crippen LogP contribution in [0.25, 0.3) is 0 Å². The van der Waals surface area contributed by atoms with Gasteiger partial charge in [-0.05, 0) is 26.0 Å². The zero-order chi connectivity index (χ0) is 12.3. The van der Waals surface area contributed by atoms with Crippen LogP contribution in [0.2, 0.25) is 0 Å². The molecule has 1 aromatic rings. The van der Waals surface area contributed by atoms with E-state index >= 15 is 0 Å². The first-order valence-corrected chi connectivity index (χ1v) is 5.07. The molecule has 0 heterocycles. The Hall–Kier alpha value is -1.69. The Labute approximate surface area is 98.4 Å². The molecule has 0 spiro atoms. The van der Waals surface area contributed by atoms with Crippen molar-refractivity contribution in [2.24, 2.45) is 5.73 Å². The van der Waals surface area contributed by atoms with Gasteiger partial charge in [-0.2, -0.15) is 0 Å². The van der Waals surface area contributed by atoms with Crippen LogP contribution in [-0.4, -0.2) is 16.0 Å². The minimum atomic E-state index is -0.514. The van der Waals surface area contributed by atoms with E-state index in [1.807, 2.05) is 0 Å². The van der Waals surface area contributed by atoms with Crippen molar-refractivity contribution in [3.05, 3.63) is 33.9 Å². The third-order valence-corrected chi connectivity index (χ3v) is 2.04. The summed E-state index contributed by atoms with van der Waals surface area (Å²) in [6.07, 6.45) is -0.130. The summed E-state index contributed by atoms with van der Waals surface area (Å²) in [6.45, 7) is 3.59. The molecule has 0 unspecified atom stereocenters. The van der Waals surface area contributed by atoms with Crippen molar-refractivity contribution in [2.75, 3.05) is 0 Å². The molecule has 1 aromatic carbocycles. The van der Waals surface area contributed by atoms with Crippen LogP contribution in [0.15, 0.2) is 18.2 Å². The molecule has 0 saturated heterocycles. The van der Waals surface area contributed by atoms with Crippen LogP contribution in [0.4, 0.5) is 5.69 Å². The van der Waals surface area contributed by atoms with Gasteiger partial charge in [0.1, 0.15) is 4.99 Å². The van der Waals surface area contributed by atoms with Crippen molar-refractivity contribution in [3.8, 4) is 5.75 Å². The van der Waals surface area contributed by atoms with Crippen molar-refractivity contribution < 1.29 is 9.66 Å². The highest BCUT2D eigenvalue weighted by atomic mass is 32.1. The van der Waals surface area contributed by atoms with Crippen molar-refractivity contribution in [1.29, 1.82) is 0 Å². The summed E-state index contributed by atoms with van der Waals surface area (Å²) in [7, 11) is 0. The first-order valence-electron chi connectivity index (χ1n) is 4.66. The fourth-order valence-electron chi connectivity index (χ4n) is 1.17. The average molecular weight is 240 g/mol. The first-order chi connectivity index (χ1) is 7.41. The lowest BCUT2D eigenvalue weighted by molar-refractivity contribution is -0.386. The van der Waals surface area contributed by atoms with Gasteiger partial charge < -0.3 is 10.5 Å². The number of nitro benzene ring substituents is 1. The molecule has 0 fully saturated rings. The number of rotatable bonds is 4. The Morgan fingerprint density at radius 1 is 1.56 bits per heavy atom. The van der Waals surface area contributed by atoms with E-state index in [0.29, 0.717) is 5.56 Å². The Morgan fingerprint density at radius 3 is 2.62 bits per heavy atom. The van der Waals surface area contributed by atoms with Gasteiger partial charge in [-0.3, -0.25) is 10.1 Å². The van der Waals surface area contributed by atoms with Gasteiger partial charge in [-0.1, -0.05) is 12.2 Å². The number of ether oxygens (including phenoxy) is 1. The third kappa shape index (κ3) is 2.90. The number of thiocarbonyl (C=S) groups is 1. The van der Waals surface area contributed by atoms with E-state index in [9.17, 15) is 10.1 Å². The second kappa shape index (κ2) is 4.89. The summed E-state index contributed by atoms with van der Waals surface area (Å²) in [5, 5.41) is 10.8. The first kappa shape index (κ1) is 12.4. The fraction of sp³-hybridized carbons (Fsp3) is 0.300. The number of hydrogen-bond donors (Lipinski definition) is 1. The lowest BCUT2D eigenvalue weighted by Crippen LogP contribution is -2.11. The van der Waals surface area contributed by atoms with Gasteiger partial charge in [0.15, 0.2) is 5.75 Å². The fourth-order valence-corrected chi connectivity index (χ4v) is 1.29. The van der Waals surface area contributed by atoms with E-state index in [1.165, 1.54) is 12.1 Å². The Balaban J connectivity index is 3.19. The minimum absolute atomic E-state index is 0.124. The summed E-state index contributed by atoms with van der Waals surface area (Å²) in [4.78, 5) is 10.4. The van der Waals surface area contributed by atoms with Crippen molar-refractivity contribution >= 4 is 22.9 Å². The van der Waals surface area contributed by atoms with Crippen molar-refractivity contribution in [1.82, 2.24) is 0 Å². The summed E-state index contributed by atoms with van der Waals surface area (Å²) in [5.74, 6) is 0.222. The van der Waals surface area contributed by atoms with E-state index in [1.54, 1.807) is 19.9 Å². The van der Waals surface area contributed by atoms with Crippen LogP contribution < -0.4 is 10.5 Å². The van der Waals surface area contributed by atoms with E-state index in [4.69, 9.17) is 22.7 Å². The SMILES string of the molecule is CC(C)Oc1ccc(C(N)=S)cc1[N+](=O)[O-]. The average Bonchev–Trinajstić information content (AvgIpc) is 2.16. The van der Waals surface area contributed by atoms with Gasteiger partial charge in [0, 0.05) is 11.6 Å². The number of nitrogens with two attached hydrogens (primary N) is 1. The Kier molecular flexibility index (Phi) is 3.78. The molecule has 0 atom stereocenters. The topological polar surface area (TPSA) is 78.4 Å². The smallest absolute Gasteiger partial charge is 0.311 e. The number of benzene rings is 1. The van der Waals surface area contributed by atoms with Gasteiger partial charge in [0.2, 0.25) is 0 Å². The van der Waals surface area contributed by atoms with Crippen LogP contribution >= 0.6 is 12.2 Å². The predicted octanol–water partition coefficient (Wildman–Crippen LogP) is 2.02. The van der Waals surface area contributed by atoms with E-state index in [0.717, 1.165) is 0 Å². The van der Waals surface area contributed by atoms with Crippen LogP contribution in [0.5, 0.6) is 5.75 Å². The maximum absolute atomic E-state index is 10.8. The van der Waals surface area contributed by atoms with E-state index in [-0.39, 0.29) is 22.5 Å². The highest BCUT2D eigenvalue weighted by molar-refractivity contribution is 7.80. The molecule has 86 valence electrons. The van der Waals surface area contributed by atoms with E-state index < -0.39 is 4.92 Å². The van der Waals surface area contributed by atoms with Gasteiger partial charge in [0.25, 0.3) is 0 Å². The van der Waals surface area contributed by atoms with Crippen LogP contribution in [0.1, 0.15) is 19.4 Å². The van der Waals surface area contributed by atoms with Gasteiger partial charge in [0.05, 0.1) is 11.0 Å². The highest BCUT2D eigenvalue weighted by Gasteiger charge is 2.17. The second-order valence-electron chi connectivity index (χ2n) is 3.47. The maximum Gasteiger partial charge on any atom is 0.311 e. The van der Waals surface area contributed by atoms with Gasteiger partial charge >= 0.3 is 5.69 Å². The molecule has 0 radical (unpaired) electrons. The molecule has 1 rings (SSSR count). The molecular weight excluding hydrogens is 228 g/mol. The number of hydrogen-bond acceptors (Lipinski definition) is 4. The Bertz CT molecular complexity index is 432. The summed E-state index contributed by atoms with van der Waals surface area (Å²) < 4.78 is 5.32. The summed E-state index contributed by atoms with van der Waals surface area (Å²) in [5.41, 5.74) is 5.73. The molecule has 0 saturated carbocycles. The number of nitrogens with zero attached hydrogens (tertiary/aromatic N) is 1. The standard InChI is InChI=1S/C10H12N2O3S/c1-6(2)15-9-4-3-7(10(11)16)5-8(9)12(13)14/h3-6H,1-2H3,(H2,11,16). The van der Waals surface area contributed by atoms with Crippen LogP contribution in [0, 0.1) is 10.1 Å². The molecule has 0 aromatic heterocycles. The number of nitro groups is 1. The lowest BCUT2D eigenvalue weighted by atomic mass is 10.2. The molecule has 0 aliphatic heterocycles. The molecule has 5 nitrogen and oxygen atoms in total. The van der Waals surface area contributed by atoms with E-state index in [2.05, 4.69) is 0 Å². The van der Waals surface area contributed by atoms with Crippen molar-refractivity contribution in [3.63, 3.8) is 0 Å². The zero-order valence-corrected chi connectivity index (χ0v) is 9.78. The normalized spacial score (nSPS) is 10.2. The van der Waals surface area contributed by atoms with Crippen molar-refractivity contribution in [2.45, 2.75) is 20.0 Å². The quantitative estimate of drug-likeness (QED) is 0.495. The van der Waals surface area contributed by atoms with Gasteiger partial charge in [-0.15, -0.1) is 0 Å². The highest BCUT2D eigenvalue weighted by Crippen LogP contribution is 2.28. The molecule has 0 bridgehead atoms. The molecule has 0 aliphatic rings. The third-order valence-electron chi connectivity index (χ3n) is 1.80. The van der Waals surface area contributed by atoms with Gasteiger partial charge in [-0.25, -0.2) is 0 Å². The summed E-state index contributed by atoms with van der Waals surface area (Å²) in [6, 6.07) is 4.43. The summed E-state index contributed by atoms with van der Waals surface area (Å²) >= 11 is 4.75. The maximum atomic E-state index is 10.8. The van der Waals surface area contributed by atoms with Crippen LogP contribution in [-0.2, 0) is 0 Å². The molecule has 2 N–H and O–H groups in total. The minimum Gasteiger partial charge on any atom is -0.484 e. The molecule has 0 aliphatic carbocycles. The molecular formula is C10H12N2O3S. The zero-order valence-electron chi connectivity index (χ0n) is 8.97. The monoisotopic (exact) mass is 240 g/mol. The predicted molar refractivity (Wildman–Crippen MR) is 64.7 cm³/mol. The molecule has 0 amide bonds. The van der Waals surface area contributed by atoms with Crippen LogP contribution in [0.3, 0.4) is 0 Å². The lowest BCUT2D eigenvalue weighted by Gasteiger charge is -2.10. The molecule has 16 heavy (non-hydrogen) atoms. The molecule has 6 heteroatoms. The largest absolute Gasteiger partial charge is 0.484 e.